The quantitative estimate of drug-likeness (QED) is 0.537. The van der Waals surface area contributed by atoms with Gasteiger partial charge in [-0.3, -0.25) is 9.52 Å². The number of carbonyl (C=O) groups is 1. The van der Waals surface area contributed by atoms with Gasteiger partial charge in [0.2, 0.25) is 0 Å². The van der Waals surface area contributed by atoms with Crippen LogP contribution in [0, 0.1) is 0 Å². The zero-order valence-corrected chi connectivity index (χ0v) is 16.5. The van der Waals surface area contributed by atoms with Crippen LogP contribution in [0.4, 0.5) is 11.4 Å². The summed E-state index contributed by atoms with van der Waals surface area (Å²) in [5.74, 6) is -0.375. The van der Waals surface area contributed by atoms with Crippen LogP contribution >= 0.6 is 23.2 Å². The van der Waals surface area contributed by atoms with E-state index in [-0.39, 0.29) is 26.4 Å². The second-order valence-corrected chi connectivity index (χ2v) is 8.26. The molecule has 0 heterocycles. The maximum Gasteiger partial charge on any atom is 0.263 e. The molecule has 3 rings (SSSR count). The summed E-state index contributed by atoms with van der Waals surface area (Å²) in [5, 5.41) is 12.4. The van der Waals surface area contributed by atoms with Gasteiger partial charge in [0.05, 0.1) is 5.02 Å². The SMILES string of the molecule is O=C(Nc1cccc(O)c1)c1ccc(NS(=O)(=O)c2cc(Cl)ccc2Cl)cc1. The predicted molar refractivity (Wildman–Crippen MR) is 110 cm³/mol. The summed E-state index contributed by atoms with van der Waals surface area (Å²) >= 11 is 11.8. The molecule has 0 aliphatic rings. The highest BCUT2D eigenvalue weighted by molar-refractivity contribution is 7.92. The lowest BCUT2D eigenvalue weighted by atomic mass is 10.2. The largest absolute Gasteiger partial charge is 0.508 e. The molecule has 0 aliphatic carbocycles. The first-order valence-electron chi connectivity index (χ1n) is 7.93. The highest BCUT2D eigenvalue weighted by Gasteiger charge is 2.19. The normalized spacial score (nSPS) is 11.1. The van der Waals surface area contributed by atoms with Crippen molar-refractivity contribution in [3.63, 3.8) is 0 Å². The van der Waals surface area contributed by atoms with Crippen molar-refractivity contribution in [2.75, 3.05) is 10.0 Å². The number of phenolic OH excluding ortho intramolecular Hbond substituents is 1. The van der Waals surface area contributed by atoms with E-state index >= 15 is 0 Å². The number of hydrogen-bond donors (Lipinski definition) is 3. The van der Waals surface area contributed by atoms with E-state index in [9.17, 15) is 18.3 Å². The Bertz CT molecular complexity index is 1130. The number of anilines is 2. The Morgan fingerprint density at radius 3 is 2.29 bits per heavy atom. The van der Waals surface area contributed by atoms with E-state index in [0.29, 0.717) is 11.3 Å². The molecule has 6 nitrogen and oxygen atoms in total. The highest BCUT2D eigenvalue weighted by atomic mass is 35.5. The van der Waals surface area contributed by atoms with E-state index < -0.39 is 15.9 Å². The molecule has 0 radical (unpaired) electrons. The van der Waals surface area contributed by atoms with Crippen molar-refractivity contribution in [3.8, 4) is 5.75 Å². The number of carbonyl (C=O) groups excluding carboxylic acids is 1. The third-order valence-electron chi connectivity index (χ3n) is 3.69. The molecule has 0 fully saturated rings. The lowest BCUT2D eigenvalue weighted by Gasteiger charge is -2.11. The highest BCUT2D eigenvalue weighted by Crippen LogP contribution is 2.27. The number of rotatable bonds is 5. The maximum absolute atomic E-state index is 12.5. The van der Waals surface area contributed by atoms with Crippen molar-refractivity contribution < 1.29 is 18.3 Å². The van der Waals surface area contributed by atoms with Crippen LogP contribution in [0.5, 0.6) is 5.75 Å². The van der Waals surface area contributed by atoms with E-state index in [1.54, 1.807) is 12.1 Å². The van der Waals surface area contributed by atoms with Crippen LogP contribution < -0.4 is 10.0 Å². The van der Waals surface area contributed by atoms with Crippen molar-refractivity contribution in [3.05, 3.63) is 82.3 Å². The van der Waals surface area contributed by atoms with Crippen LogP contribution in [0.1, 0.15) is 10.4 Å². The van der Waals surface area contributed by atoms with Gasteiger partial charge in [-0.1, -0.05) is 29.3 Å². The monoisotopic (exact) mass is 436 g/mol. The Hall–Kier alpha value is -2.74. The lowest BCUT2D eigenvalue weighted by molar-refractivity contribution is 0.102. The number of sulfonamides is 1. The van der Waals surface area contributed by atoms with Gasteiger partial charge in [0.1, 0.15) is 10.6 Å². The molecule has 0 atom stereocenters. The van der Waals surface area contributed by atoms with Gasteiger partial charge in [-0.25, -0.2) is 8.42 Å². The Balaban J connectivity index is 1.75. The zero-order chi connectivity index (χ0) is 20.3. The van der Waals surface area contributed by atoms with Crippen LogP contribution in [-0.2, 0) is 10.0 Å². The van der Waals surface area contributed by atoms with E-state index in [2.05, 4.69) is 10.0 Å². The number of benzene rings is 3. The van der Waals surface area contributed by atoms with Crippen LogP contribution in [0.3, 0.4) is 0 Å². The minimum Gasteiger partial charge on any atom is -0.508 e. The van der Waals surface area contributed by atoms with Crippen LogP contribution in [0.15, 0.2) is 71.6 Å². The molecular formula is C19H14Cl2N2O4S. The maximum atomic E-state index is 12.5. The minimum absolute atomic E-state index is 0.0298. The van der Waals surface area contributed by atoms with Gasteiger partial charge in [0, 0.05) is 28.0 Å². The molecule has 28 heavy (non-hydrogen) atoms. The molecule has 0 unspecified atom stereocenters. The Morgan fingerprint density at radius 1 is 0.893 bits per heavy atom. The first-order valence-corrected chi connectivity index (χ1v) is 10.2. The summed E-state index contributed by atoms with van der Waals surface area (Å²) in [6.07, 6.45) is 0. The van der Waals surface area contributed by atoms with Gasteiger partial charge in [-0.15, -0.1) is 0 Å². The van der Waals surface area contributed by atoms with Gasteiger partial charge in [-0.05, 0) is 54.6 Å². The average molecular weight is 437 g/mol. The van der Waals surface area contributed by atoms with Crippen LogP contribution in [0.2, 0.25) is 10.0 Å². The lowest BCUT2D eigenvalue weighted by Crippen LogP contribution is -2.14. The number of halogens is 2. The fourth-order valence-corrected chi connectivity index (χ4v) is 4.19. The van der Waals surface area contributed by atoms with Crippen molar-refractivity contribution >= 4 is 50.5 Å². The molecule has 1 amide bonds. The summed E-state index contributed by atoms with van der Waals surface area (Å²) in [6.45, 7) is 0. The first-order chi connectivity index (χ1) is 13.2. The molecule has 3 N–H and O–H groups in total. The van der Waals surface area contributed by atoms with Gasteiger partial charge in [0.15, 0.2) is 0 Å². The van der Waals surface area contributed by atoms with E-state index in [1.807, 2.05) is 0 Å². The number of aromatic hydroxyl groups is 1. The molecule has 9 heteroatoms. The average Bonchev–Trinajstić information content (AvgIpc) is 2.64. The molecule has 0 spiro atoms. The predicted octanol–water partition coefficient (Wildman–Crippen LogP) is 4.75. The van der Waals surface area contributed by atoms with Crippen LogP contribution in [0.25, 0.3) is 0 Å². The molecule has 0 bridgehead atoms. The minimum atomic E-state index is -3.95. The Kier molecular flexibility index (Phi) is 5.79. The fourth-order valence-electron chi connectivity index (χ4n) is 2.37. The fraction of sp³-hybridized carbons (Fsp3) is 0. The first kappa shape index (κ1) is 20.0. The third kappa shape index (κ3) is 4.75. The Labute approximate surface area is 171 Å². The Morgan fingerprint density at radius 2 is 1.61 bits per heavy atom. The number of hydrogen-bond acceptors (Lipinski definition) is 4. The van der Waals surface area contributed by atoms with E-state index in [4.69, 9.17) is 23.2 Å². The van der Waals surface area contributed by atoms with Crippen molar-refractivity contribution in [2.45, 2.75) is 4.90 Å². The summed E-state index contributed by atoms with van der Waals surface area (Å²) in [5.41, 5.74) is 1.00. The van der Waals surface area contributed by atoms with Crippen molar-refractivity contribution in [1.29, 1.82) is 0 Å². The van der Waals surface area contributed by atoms with Gasteiger partial charge in [0.25, 0.3) is 15.9 Å². The molecule has 3 aromatic carbocycles. The molecular weight excluding hydrogens is 423 g/mol. The molecule has 0 aliphatic heterocycles. The van der Waals surface area contributed by atoms with E-state index in [1.165, 1.54) is 54.6 Å². The summed E-state index contributed by atoms with van der Waals surface area (Å²) in [7, 11) is -3.95. The second kappa shape index (κ2) is 8.10. The number of nitrogens with one attached hydrogen (secondary N) is 2. The van der Waals surface area contributed by atoms with Crippen LogP contribution in [-0.4, -0.2) is 19.4 Å². The number of amides is 1. The molecule has 0 aromatic heterocycles. The molecule has 0 saturated carbocycles. The van der Waals surface area contributed by atoms with Gasteiger partial charge >= 0.3 is 0 Å². The second-order valence-electron chi connectivity index (χ2n) is 5.76. The summed E-state index contributed by atoms with van der Waals surface area (Å²) < 4.78 is 27.4. The summed E-state index contributed by atoms with van der Waals surface area (Å²) in [6, 6.07) is 16.1. The number of phenols is 1. The van der Waals surface area contributed by atoms with E-state index in [0.717, 1.165) is 0 Å². The summed E-state index contributed by atoms with van der Waals surface area (Å²) in [4.78, 5) is 12.1. The molecule has 144 valence electrons. The topological polar surface area (TPSA) is 95.5 Å². The van der Waals surface area contributed by atoms with Gasteiger partial charge < -0.3 is 10.4 Å². The smallest absolute Gasteiger partial charge is 0.263 e. The molecule has 3 aromatic rings. The van der Waals surface area contributed by atoms with Crippen molar-refractivity contribution in [2.24, 2.45) is 0 Å². The molecule has 0 saturated heterocycles. The van der Waals surface area contributed by atoms with Crippen molar-refractivity contribution in [1.82, 2.24) is 0 Å². The zero-order valence-electron chi connectivity index (χ0n) is 14.2. The third-order valence-corrected chi connectivity index (χ3v) is 5.78. The standard InChI is InChI=1S/C19H14Cl2N2O4S/c20-13-6-9-17(21)18(10-13)28(26,27)23-14-7-4-12(5-8-14)19(25)22-15-2-1-3-16(24)11-15/h1-11,23-24H,(H,22,25). The van der Waals surface area contributed by atoms with Gasteiger partial charge in [-0.2, -0.15) is 0 Å².